The number of aromatic nitrogens is 2. The Hall–Kier alpha value is -3.06. The van der Waals surface area contributed by atoms with Gasteiger partial charge in [-0.1, -0.05) is 35.9 Å². The van der Waals surface area contributed by atoms with Crippen LogP contribution in [0, 0.1) is 6.92 Å². The molecule has 158 valence electrons. The Balaban J connectivity index is 2.07. The molecule has 0 saturated carbocycles. The summed E-state index contributed by atoms with van der Waals surface area (Å²) < 4.78 is 6.81. The molecule has 0 aliphatic heterocycles. The van der Waals surface area contributed by atoms with E-state index in [4.69, 9.17) is 16.3 Å². The molecule has 3 aromatic rings. The average Bonchev–Trinajstić information content (AvgIpc) is 2.94. The van der Waals surface area contributed by atoms with Crippen LogP contribution >= 0.6 is 11.6 Å². The second kappa shape index (κ2) is 8.36. The van der Waals surface area contributed by atoms with Gasteiger partial charge < -0.3 is 19.7 Å². The van der Waals surface area contributed by atoms with E-state index in [9.17, 15) is 14.7 Å². The van der Waals surface area contributed by atoms with Crippen LogP contribution in [0.4, 0.5) is 4.79 Å². The molecule has 2 N–H and O–H groups in total. The second-order valence-electron chi connectivity index (χ2n) is 7.93. The smallest absolute Gasteiger partial charge is 0.407 e. The van der Waals surface area contributed by atoms with Gasteiger partial charge in [0.2, 0.25) is 0 Å². The summed E-state index contributed by atoms with van der Waals surface area (Å²) in [6, 6.07) is 11.0. The number of alkyl carbamates (subject to hydrolysis) is 1. The molecule has 2 aromatic heterocycles. The van der Waals surface area contributed by atoms with Gasteiger partial charge in [0.15, 0.2) is 0 Å². The molecule has 30 heavy (non-hydrogen) atoms. The van der Waals surface area contributed by atoms with Crippen LogP contribution in [0.25, 0.3) is 22.2 Å². The Labute approximate surface area is 179 Å². The van der Waals surface area contributed by atoms with Crippen molar-refractivity contribution in [2.45, 2.75) is 39.8 Å². The first-order chi connectivity index (χ1) is 14.1. The molecule has 0 spiro atoms. The molecular formula is C22H24ClN3O4. The highest BCUT2D eigenvalue weighted by Gasteiger charge is 2.25. The normalized spacial score (nSPS) is 11.5. The fourth-order valence-electron chi connectivity index (χ4n) is 3.34. The number of hydrogen-bond donors (Lipinski definition) is 2. The van der Waals surface area contributed by atoms with Gasteiger partial charge in [-0.15, -0.1) is 0 Å². The van der Waals surface area contributed by atoms with E-state index in [0.717, 1.165) is 11.1 Å². The van der Waals surface area contributed by atoms with E-state index in [0.29, 0.717) is 16.6 Å². The van der Waals surface area contributed by atoms with Crippen molar-refractivity contribution in [2.24, 2.45) is 0 Å². The largest absolute Gasteiger partial charge is 0.477 e. The highest BCUT2D eigenvalue weighted by Crippen LogP contribution is 2.36. The molecule has 8 heteroatoms. The van der Waals surface area contributed by atoms with Crippen molar-refractivity contribution >= 4 is 34.7 Å². The zero-order chi connectivity index (χ0) is 22.1. The zero-order valence-corrected chi connectivity index (χ0v) is 18.1. The standard InChI is InChI=1S/C22H24ClN3O4/c1-13-7-5-6-8-14(13)17-15-9-10-16(23)25-19(15)26(18(17)20(27)28)12-11-24-21(29)30-22(2,3)4/h5-10H,11-12H2,1-4H3,(H,24,29)(H,27,28). The third-order valence-electron chi connectivity index (χ3n) is 4.49. The van der Waals surface area contributed by atoms with E-state index >= 15 is 0 Å². The van der Waals surface area contributed by atoms with E-state index in [2.05, 4.69) is 10.3 Å². The SMILES string of the molecule is Cc1ccccc1-c1c(C(=O)O)n(CCNC(=O)OC(C)(C)C)c2nc(Cl)ccc12. The van der Waals surface area contributed by atoms with Crippen molar-refractivity contribution in [3.63, 3.8) is 0 Å². The molecule has 0 aliphatic carbocycles. The quantitative estimate of drug-likeness (QED) is 0.563. The number of carbonyl (C=O) groups excluding carboxylic acids is 1. The van der Waals surface area contributed by atoms with E-state index in [-0.39, 0.29) is 23.9 Å². The zero-order valence-electron chi connectivity index (χ0n) is 17.3. The van der Waals surface area contributed by atoms with Crippen molar-refractivity contribution in [3.8, 4) is 11.1 Å². The van der Waals surface area contributed by atoms with E-state index < -0.39 is 17.7 Å². The monoisotopic (exact) mass is 429 g/mol. The first-order valence-corrected chi connectivity index (χ1v) is 9.91. The summed E-state index contributed by atoms with van der Waals surface area (Å²) >= 11 is 6.10. The van der Waals surface area contributed by atoms with Crippen LogP contribution in [-0.2, 0) is 11.3 Å². The fraction of sp³-hybridized carbons (Fsp3) is 0.318. The van der Waals surface area contributed by atoms with Gasteiger partial charge in [0.25, 0.3) is 0 Å². The Bertz CT molecular complexity index is 1120. The van der Waals surface area contributed by atoms with Crippen molar-refractivity contribution in [3.05, 3.63) is 52.8 Å². The van der Waals surface area contributed by atoms with Gasteiger partial charge in [-0.05, 0) is 51.0 Å². The lowest BCUT2D eigenvalue weighted by atomic mass is 9.98. The number of halogens is 1. The number of ether oxygens (including phenoxy) is 1. The summed E-state index contributed by atoms with van der Waals surface area (Å²) in [6.45, 7) is 7.60. The lowest BCUT2D eigenvalue weighted by Crippen LogP contribution is -2.34. The van der Waals surface area contributed by atoms with E-state index in [1.165, 1.54) is 0 Å². The highest BCUT2D eigenvalue weighted by atomic mass is 35.5. The molecule has 0 radical (unpaired) electrons. The van der Waals surface area contributed by atoms with Gasteiger partial charge >= 0.3 is 12.1 Å². The van der Waals surface area contributed by atoms with Crippen LogP contribution in [0.1, 0.15) is 36.8 Å². The van der Waals surface area contributed by atoms with Crippen molar-refractivity contribution < 1.29 is 19.4 Å². The Morgan fingerprint density at radius 3 is 2.53 bits per heavy atom. The van der Waals surface area contributed by atoms with Crippen molar-refractivity contribution in [1.82, 2.24) is 14.9 Å². The Morgan fingerprint density at radius 2 is 1.90 bits per heavy atom. The number of hydrogen-bond acceptors (Lipinski definition) is 4. The number of amides is 1. The number of nitrogens with zero attached hydrogens (tertiary/aromatic N) is 2. The average molecular weight is 430 g/mol. The summed E-state index contributed by atoms with van der Waals surface area (Å²) in [5, 5.41) is 13.6. The summed E-state index contributed by atoms with van der Waals surface area (Å²) in [4.78, 5) is 28.6. The third kappa shape index (κ3) is 4.57. The first-order valence-electron chi connectivity index (χ1n) is 9.53. The third-order valence-corrected chi connectivity index (χ3v) is 4.70. The van der Waals surface area contributed by atoms with Gasteiger partial charge in [-0.25, -0.2) is 14.6 Å². The lowest BCUT2D eigenvalue weighted by Gasteiger charge is -2.19. The molecule has 7 nitrogen and oxygen atoms in total. The predicted molar refractivity (Wildman–Crippen MR) is 116 cm³/mol. The maximum absolute atomic E-state index is 12.3. The first kappa shape index (κ1) is 21.6. The minimum absolute atomic E-state index is 0.0973. The van der Waals surface area contributed by atoms with Crippen molar-refractivity contribution in [2.75, 3.05) is 6.54 Å². The van der Waals surface area contributed by atoms with Crippen molar-refractivity contribution in [1.29, 1.82) is 0 Å². The molecule has 0 saturated heterocycles. The summed E-state index contributed by atoms with van der Waals surface area (Å²) in [6.07, 6.45) is -0.569. The number of rotatable bonds is 5. The molecular weight excluding hydrogens is 406 g/mol. The topological polar surface area (TPSA) is 93.5 Å². The van der Waals surface area contributed by atoms with Crippen LogP contribution in [0.15, 0.2) is 36.4 Å². The number of benzene rings is 1. The number of carboxylic acid groups (broad SMARTS) is 1. The highest BCUT2D eigenvalue weighted by molar-refractivity contribution is 6.30. The van der Waals surface area contributed by atoms with Gasteiger partial charge in [0.1, 0.15) is 22.1 Å². The van der Waals surface area contributed by atoms with Gasteiger partial charge in [-0.3, -0.25) is 0 Å². The van der Waals surface area contributed by atoms with Gasteiger partial charge in [-0.2, -0.15) is 0 Å². The molecule has 0 atom stereocenters. The summed E-state index contributed by atoms with van der Waals surface area (Å²) in [7, 11) is 0. The molecule has 1 amide bonds. The number of carboxylic acids is 1. The van der Waals surface area contributed by atoms with E-state index in [1.54, 1.807) is 37.5 Å². The van der Waals surface area contributed by atoms with Crippen LogP contribution in [0.3, 0.4) is 0 Å². The predicted octanol–water partition coefficient (Wildman–Crippen LogP) is 4.89. The van der Waals surface area contributed by atoms with Crippen LogP contribution < -0.4 is 5.32 Å². The minimum atomic E-state index is -1.08. The molecule has 2 heterocycles. The number of nitrogens with one attached hydrogen (secondary N) is 1. The van der Waals surface area contributed by atoms with Gasteiger partial charge in [0.05, 0.1) is 0 Å². The van der Waals surface area contributed by atoms with Crippen LogP contribution in [0.5, 0.6) is 0 Å². The van der Waals surface area contributed by atoms with Crippen LogP contribution in [-0.4, -0.2) is 38.9 Å². The summed E-state index contributed by atoms with van der Waals surface area (Å²) in [5.41, 5.74) is 2.26. The minimum Gasteiger partial charge on any atom is -0.477 e. The number of aryl methyl sites for hydroxylation is 1. The molecule has 0 bridgehead atoms. The van der Waals surface area contributed by atoms with Gasteiger partial charge in [0, 0.05) is 24.0 Å². The Morgan fingerprint density at radius 1 is 1.20 bits per heavy atom. The lowest BCUT2D eigenvalue weighted by molar-refractivity contribution is 0.0526. The summed E-state index contributed by atoms with van der Waals surface area (Å²) in [5.74, 6) is -1.08. The van der Waals surface area contributed by atoms with Crippen LogP contribution in [0.2, 0.25) is 5.15 Å². The maximum Gasteiger partial charge on any atom is 0.407 e. The number of pyridine rings is 1. The Kier molecular flexibility index (Phi) is 6.03. The molecule has 1 aromatic carbocycles. The molecule has 0 fully saturated rings. The maximum atomic E-state index is 12.3. The van der Waals surface area contributed by atoms with E-state index in [1.807, 2.05) is 31.2 Å². The molecule has 0 unspecified atom stereocenters. The number of aromatic carboxylic acids is 1. The second-order valence-corrected chi connectivity index (χ2v) is 8.32. The fourth-order valence-corrected chi connectivity index (χ4v) is 3.49. The molecule has 0 aliphatic rings. The number of fused-ring (bicyclic) bond motifs is 1. The molecule has 3 rings (SSSR count). The number of carbonyl (C=O) groups is 2.